The zero-order valence-corrected chi connectivity index (χ0v) is 8.20. The summed E-state index contributed by atoms with van der Waals surface area (Å²) in [6.07, 6.45) is 0.834. The summed E-state index contributed by atoms with van der Waals surface area (Å²) in [5, 5.41) is 11.2. The molecule has 0 aliphatic rings. The van der Waals surface area contributed by atoms with Crippen molar-refractivity contribution in [1.29, 1.82) is 0 Å². The van der Waals surface area contributed by atoms with Gasteiger partial charge in [0.2, 0.25) is 0 Å². The van der Waals surface area contributed by atoms with E-state index in [4.69, 9.17) is 5.11 Å². The monoisotopic (exact) mass is 188 g/mol. The van der Waals surface area contributed by atoms with Crippen LogP contribution in [-0.4, -0.2) is 41.6 Å². The SMILES string of the molecule is CCCNC(=O)N(C)C(C)C(=O)O. The van der Waals surface area contributed by atoms with Gasteiger partial charge in [-0.2, -0.15) is 0 Å². The van der Waals surface area contributed by atoms with Crippen LogP contribution in [0, 0.1) is 0 Å². The number of carbonyl (C=O) groups excluding carboxylic acids is 1. The topological polar surface area (TPSA) is 69.6 Å². The Hall–Kier alpha value is -1.26. The molecule has 0 rings (SSSR count). The number of carboxylic acid groups (broad SMARTS) is 1. The highest BCUT2D eigenvalue weighted by Crippen LogP contribution is 1.95. The van der Waals surface area contributed by atoms with Gasteiger partial charge in [-0.25, -0.2) is 9.59 Å². The molecule has 0 aliphatic carbocycles. The van der Waals surface area contributed by atoms with E-state index in [1.54, 1.807) is 0 Å². The molecule has 0 saturated carbocycles. The average molecular weight is 188 g/mol. The van der Waals surface area contributed by atoms with E-state index in [-0.39, 0.29) is 6.03 Å². The fourth-order valence-corrected chi connectivity index (χ4v) is 0.698. The van der Waals surface area contributed by atoms with E-state index < -0.39 is 12.0 Å². The lowest BCUT2D eigenvalue weighted by Crippen LogP contribution is -2.45. The minimum Gasteiger partial charge on any atom is -0.480 e. The lowest BCUT2D eigenvalue weighted by atomic mass is 10.3. The predicted molar refractivity (Wildman–Crippen MR) is 48.6 cm³/mol. The molecule has 2 N–H and O–H groups in total. The zero-order valence-electron chi connectivity index (χ0n) is 8.20. The molecule has 0 aromatic heterocycles. The van der Waals surface area contributed by atoms with Gasteiger partial charge in [-0.1, -0.05) is 6.92 Å². The Labute approximate surface area is 77.7 Å². The van der Waals surface area contributed by atoms with Crippen molar-refractivity contribution >= 4 is 12.0 Å². The molecule has 0 aliphatic heterocycles. The third kappa shape index (κ3) is 3.78. The summed E-state index contributed by atoms with van der Waals surface area (Å²) in [5.74, 6) is -1.01. The molecule has 0 heterocycles. The van der Waals surface area contributed by atoms with Crippen LogP contribution in [0.5, 0.6) is 0 Å². The number of urea groups is 1. The van der Waals surface area contributed by atoms with Crippen LogP contribution in [0.2, 0.25) is 0 Å². The lowest BCUT2D eigenvalue weighted by molar-refractivity contribution is -0.141. The van der Waals surface area contributed by atoms with Crippen LogP contribution < -0.4 is 5.32 Å². The number of likely N-dealkylation sites (N-methyl/N-ethyl adjacent to an activating group) is 1. The van der Waals surface area contributed by atoms with Crippen LogP contribution in [0.3, 0.4) is 0 Å². The number of hydrogen-bond acceptors (Lipinski definition) is 2. The smallest absolute Gasteiger partial charge is 0.326 e. The maximum atomic E-state index is 11.2. The number of carbonyl (C=O) groups is 2. The number of amides is 2. The first kappa shape index (κ1) is 11.7. The molecule has 0 spiro atoms. The van der Waals surface area contributed by atoms with Gasteiger partial charge in [-0.3, -0.25) is 0 Å². The van der Waals surface area contributed by atoms with E-state index in [2.05, 4.69) is 5.32 Å². The number of carboxylic acids is 1. The molecular formula is C8H16N2O3. The summed E-state index contributed by atoms with van der Waals surface area (Å²) < 4.78 is 0. The van der Waals surface area contributed by atoms with E-state index in [1.807, 2.05) is 6.92 Å². The minimum atomic E-state index is -1.01. The molecule has 0 bridgehead atoms. The van der Waals surface area contributed by atoms with Crippen LogP contribution in [0.25, 0.3) is 0 Å². The quantitative estimate of drug-likeness (QED) is 0.675. The maximum Gasteiger partial charge on any atom is 0.326 e. The Kier molecular flexibility index (Phi) is 4.87. The Balaban J connectivity index is 4.01. The molecule has 0 aromatic carbocycles. The third-order valence-electron chi connectivity index (χ3n) is 1.78. The van der Waals surface area contributed by atoms with Gasteiger partial charge in [0.25, 0.3) is 0 Å². The van der Waals surface area contributed by atoms with Gasteiger partial charge in [0.15, 0.2) is 0 Å². The zero-order chi connectivity index (χ0) is 10.4. The van der Waals surface area contributed by atoms with Crippen molar-refractivity contribution in [1.82, 2.24) is 10.2 Å². The van der Waals surface area contributed by atoms with Crippen molar-refractivity contribution < 1.29 is 14.7 Å². The molecule has 1 unspecified atom stereocenters. The molecule has 0 saturated heterocycles. The van der Waals surface area contributed by atoms with Crippen LogP contribution >= 0.6 is 0 Å². The second kappa shape index (κ2) is 5.40. The second-order valence-electron chi connectivity index (χ2n) is 2.86. The normalized spacial score (nSPS) is 11.9. The van der Waals surface area contributed by atoms with E-state index >= 15 is 0 Å². The molecule has 5 heteroatoms. The van der Waals surface area contributed by atoms with Gasteiger partial charge in [-0.15, -0.1) is 0 Å². The molecule has 13 heavy (non-hydrogen) atoms. The highest BCUT2D eigenvalue weighted by molar-refractivity contribution is 5.81. The lowest BCUT2D eigenvalue weighted by Gasteiger charge is -2.21. The van der Waals surface area contributed by atoms with Gasteiger partial charge in [-0.05, 0) is 13.3 Å². The molecule has 0 fully saturated rings. The fraction of sp³-hybridized carbons (Fsp3) is 0.750. The number of aliphatic carboxylic acids is 1. The molecule has 0 aromatic rings. The number of nitrogens with one attached hydrogen (secondary N) is 1. The first-order valence-electron chi connectivity index (χ1n) is 4.24. The Morgan fingerprint density at radius 1 is 1.54 bits per heavy atom. The first-order valence-corrected chi connectivity index (χ1v) is 4.24. The van der Waals surface area contributed by atoms with Gasteiger partial charge in [0.05, 0.1) is 0 Å². The summed E-state index contributed by atoms with van der Waals surface area (Å²) in [5.41, 5.74) is 0. The van der Waals surface area contributed by atoms with Crippen LogP contribution in [-0.2, 0) is 4.79 Å². The summed E-state index contributed by atoms with van der Waals surface area (Å²) in [6, 6.07) is -1.14. The molecule has 1 atom stereocenters. The van der Waals surface area contributed by atoms with Crippen molar-refractivity contribution in [2.45, 2.75) is 26.3 Å². The van der Waals surface area contributed by atoms with E-state index in [1.165, 1.54) is 14.0 Å². The standard InChI is InChI=1S/C8H16N2O3/c1-4-5-9-8(13)10(3)6(2)7(11)12/h6H,4-5H2,1-3H3,(H,9,13)(H,11,12). The van der Waals surface area contributed by atoms with Crippen molar-refractivity contribution in [3.05, 3.63) is 0 Å². The van der Waals surface area contributed by atoms with Gasteiger partial charge in [0, 0.05) is 13.6 Å². The number of rotatable bonds is 4. The average Bonchev–Trinajstić information content (AvgIpc) is 2.11. The van der Waals surface area contributed by atoms with Crippen molar-refractivity contribution in [2.75, 3.05) is 13.6 Å². The molecule has 2 amide bonds. The second-order valence-corrected chi connectivity index (χ2v) is 2.86. The van der Waals surface area contributed by atoms with Gasteiger partial charge in [0.1, 0.15) is 6.04 Å². The van der Waals surface area contributed by atoms with E-state index in [9.17, 15) is 9.59 Å². The summed E-state index contributed by atoms with van der Waals surface area (Å²) in [6.45, 7) is 3.96. The van der Waals surface area contributed by atoms with Gasteiger partial charge < -0.3 is 15.3 Å². The first-order chi connectivity index (χ1) is 6.00. The van der Waals surface area contributed by atoms with Crippen LogP contribution in [0.1, 0.15) is 20.3 Å². The summed E-state index contributed by atoms with van der Waals surface area (Å²) in [7, 11) is 1.46. The molecule has 76 valence electrons. The molecular weight excluding hydrogens is 172 g/mol. The number of hydrogen-bond donors (Lipinski definition) is 2. The maximum absolute atomic E-state index is 11.2. The number of nitrogens with zero attached hydrogens (tertiary/aromatic N) is 1. The van der Waals surface area contributed by atoms with Crippen LogP contribution in [0.15, 0.2) is 0 Å². The molecule has 5 nitrogen and oxygen atoms in total. The van der Waals surface area contributed by atoms with Gasteiger partial charge >= 0.3 is 12.0 Å². The van der Waals surface area contributed by atoms with E-state index in [0.717, 1.165) is 11.3 Å². The largest absolute Gasteiger partial charge is 0.480 e. The minimum absolute atomic E-state index is 0.350. The van der Waals surface area contributed by atoms with Crippen molar-refractivity contribution in [2.24, 2.45) is 0 Å². The molecule has 0 radical (unpaired) electrons. The summed E-state index contributed by atoms with van der Waals surface area (Å²) in [4.78, 5) is 22.9. The summed E-state index contributed by atoms with van der Waals surface area (Å²) >= 11 is 0. The van der Waals surface area contributed by atoms with Crippen molar-refractivity contribution in [3.63, 3.8) is 0 Å². The predicted octanol–water partition coefficient (Wildman–Crippen LogP) is 0.511. The Morgan fingerprint density at radius 3 is 2.46 bits per heavy atom. The van der Waals surface area contributed by atoms with E-state index in [0.29, 0.717) is 6.54 Å². The Morgan fingerprint density at radius 2 is 2.08 bits per heavy atom. The highest BCUT2D eigenvalue weighted by Gasteiger charge is 2.20. The Bertz CT molecular complexity index is 194. The van der Waals surface area contributed by atoms with Crippen LogP contribution in [0.4, 0.5) is 4.79 Å². The fourth-order valence-electron chi connectivity index (χ4n) is 0.698. The van der Waals surface area contributed by atoms with Crippen molar-refractivity contribution in [3.8, 4) is 0 Å². The third-order valence-corrected chi connectivity index (χ3v) is 1.78. The highest BCUT2D eigenvalue weighted by atomic mass is 16.4.